The highest BCUT2D eigenvalue weighted by atomic mass is 35.5. The molecule has 1 amide bonds. The van der Waals surface area contributed by atoms with Crippen LogP contribution < -0.4 is 14.5 Å². The normalized spacial score (nSPS) is 16.7. The zero-order valence-electron chi connectivity index (χ0n) is 26.8. The molecule has 42 heavy (non-hydrogen) atoms. The van der Waals surface area contributed by atoms with Crippen LogP contribution in [0.15, 0.2) is 46.2 Å². The van der Waals surface area contributed by atoms with E-state index in [2.05, 4.69) is 36.6 Å². The van der Waals surface area contributed by atoms with Crippen molar-refractivity contribution < 1.29 is 28.2 Å². The highest BCUT2D eigenvalue weighted by Crippen LogP contribution is 2.43. The molecular formula is C32H48ClNO6SSi. The van der Waals surface area contributed by atoms with Crippen LogP contribution in [0, 0.1) is 0 Å². The SMILES string of the molecule is C[SiH](C)Oc1c(OC(C)(C)C)cccc1Sc1ccc(CCCC2(NC(=O)OC(C)(C)C)COC(C)(C)OC2)c(Cl)c1. The van der Waals surface area contributed by atoms with Crippen LogP contribution >= 0.6 is 23.4 Å². The van der Waals surface area contributed by atoms with Crippen molar-refractivity contribution in [1.29, 1.82) is 0 Å². The van der Waals surface area contributed by atoms with Gasteiger partial charge < -0.3 is 28.7 Å². The van der Waals surface area contributed by atoms with E-state index in [-0.39, 0.29) is 5.60 Å². The summed E-state index contributed by atoms with van der Waals surface area (Å²) in [5.41, 5.74) is -0.574. The van der Waals surface area contributed by atoms with Crippen molar-refractivity contribution in [3.63, 3.8) is 0 Å². The van der Waals surface area contributed by atoms with Crippen LogP contribution in [0.4, 0.5) is 4.79 Å². The molecule has 0 aliphatic carbocycles. The van der Waals surface area contributed by atoms with Crippen molar-refractivity contribution >= 4 is 38.5 Å². The van der Waals surface area contributed by atoms with Crippen LogP contribution in [0.25, 0.3) is 0 Å². The number of amides is 1. The number of hydrogen-bond donors (Lipinski definition) is 1. The lowest BCUT2D eigenvalue weighted by Gasteiger charge is -2.44. The highest BCUT2D eigenvalue weighted by molar-refractivity contribution is 7.99. The van der Waals surface area contributed by atoms with Gasteiger partial charge in [0.15, 0.2) is 17.3 Å². The van der Waals surface area contributed by atoms with Gasteiger partial charge in [0.1, 0.15) is 11.2 Å². The van der Waals surface area contributed by atoms with Gasteiger partial charge in [-0.05, 0) is 118 Å². The molecule has 1 heterocycles. The molecular weight excluding hydrogens is 590 g/mol. The minimum absolute atomic E-state index is 0.335. The van der Waals surface area contributed by atoms with Gasteiger partial charge in [-0.15, -0.1) is 0 Å². The Balaban J connectivity index is 1.71. The number of benzene rings is 2. The molecule has 0 radical (unpaired) electrons. The topological polar surface area (TPSA) is 75.3 Å². The quantitative estimate of drug-likeness (QED) is 0.262. The summed E-state index contributed by atoms with van der Waals surface area (Å²) in [5, 5.41) is 3.74. The summed E-state index contributed by atoms with van der Waals surface area (Å²) < 4.78 is 30.0. The van der Waals surface area contributed by atoms with Gasteiger partial charge in [-0.25, -0.2) is 4.79 Å². The van der Waals surface area contributed by atoms with E-state index in [1.807, 2.05) is 73.6 Å². The molecule has 234 valence electrons. The lowest BCUT2D eigenvalue weighted by Crippen LogP contribution is -2.61. The predicted octanol–water partition coefficient (Wildman–Crippen LogP) is 8.40. The molecule has 1 N–H and O–H groups in total. The van der Waals surface area contributed by atoms with Crippen LogP contribution in [-0.4, -0.2) is 50.9 Å². The number of hydrogen-bond acceptors (Lipinski definition) is 7. The molecule has 7 nitrogen and oxygen atoms in total. The monoisotopic (exact) mass is 637 g/mol. The molecule has 0 aromatic heterocycles. The summed E-state index contributed by atoms with van der Waals surface area (Å²) in [7, 11) is -1.38. The van der Waals surface area contributed by atoms with E-state index in [4.69, 9.17) is 35.0 Å². The zero-order valence-corrected chi connectivity index (χ0v) is 29.5. The minimum atomic E-state index is -1.38. The van der Waals surface area contributed by atoms with Crippen LogP contribution in [0.1, 0.15) is 73.8 Å². The van der Waals surface area contributed by atoms with Gasteiger partial charge in [0.2, 0.25) is 9.04 Å². The van der Waals surface area contributed by atoms with E-state index in [0.29, 0.717) is 24.7 Å². The van der Waals surface area contributed by atoms with Gasteiger partial charge in [-0.1, -0.05) is 35.5 Å². The Kier molecular flexibility index (Phi) is 11.4. The van der Waals surface area contributed by atoms with Gasteiger partial charge in [0.05, 0.1) is 23.6 Å². The molecule has 1 saturated heterocycles. The maximum Gasteiger partial charge on any atom is 0.408 e. The second kappa shape index (κ2) is 13.8. The molecule has 1 aliphatic rings. The first kappa shape index (κ1) is 34.6. The number of halogens is 1. The molecule has 0 spiro atoms. The first-order valence-electron chi connectivity index (χ1n) is 14.6. The zero-order chi connectivity index (χ0) is 31.3. The molecule has 0 bridgehead atoms. The van der Waals surface area contributed by atoms with Crippen LogP contribution in [0.3, 0.4) is 0 Å². The smallest absolute Gasteiger partial charge is 0.408 e. The number of aryl methyl sites for hydroxylation is 1. The average molecular weight is 638 g/mol. The summed E-state index contributed by atoms with van der Waals surface area (Å²) in [6.45, 7) is 20.3. The molecule has 1 fully saturated rings. The lowest BCUT2D eigenvalue weighted by molar-refractivity contribution is -0.271. The third kappa shape index (κ3) is 11.0. The van der Waals surface area contributed by atoms with E-state index in [1.54, 1.807) is 11.8 Å². The van der Waals surface area contributed by atoms with Gasteiger partial charge in [0, 0.05) is 9.92 Å². The number of alkyl carbamates (subject to hydrolysis) is 1. The van der Waals surface area contributed by atoms with Crippen molar-refractivity contribution in [2.24, 2.45) is 0 Å². The second-order valence-corrected chi connectivity index (χ2v) is 17.4. The number of carbonyl (C=O) groups excluding carboxylic acids is 1. The Labute approximate surface area is 263 Å². The van der Waals surface area contributed by atoms with Crippen LogP contribution in [0.2, 0.25) is 18.1 Å². The third-order valence-electron chi connectivity index (χ3n) is 6.22. The molecule has 0 saturated carbocycles. The van der Waals surface area contributed by atoms with E-state index in [9.17, 15) is 4.79 Å². The number of rotatable bonds is 10. The average Bonchev–Trinajstić information content (AvgIpc) is 2.82. The summed E-state index contributed by atoms with van der Waals surface area (Å²) in [6, 6.07) is 12.2. The summed E-state index contributed by atoms with van der Waals surface area (Å²) in [4.78, 5) is 14.7. The Morgan fingerprint density at radius 1 is 1.05 bits per heavy atom. The number of nitrogens with one attached hydrogen (secondary N) is 1. The Morgan fingerprint density at radius 3 is 2.29 bits per heavy atom. The van der Waals surface area contributed by atoms with Crippen molar-refractivity contribution in [3.8, 4) is 11.5 Å². The van der Waals surface area contributed by atoms with Gasteiger partial charge >= 0.3 is 6.09 Å². The van der Waals surface area contributed by atoms with E-state index in [1.165, 1.54) is 0 Å². The fourth-order valence-corrected chi connectivity index (χ4v) is 6.48. The lowest BCUT2D eigenvalue weighted by atomic mass is 9.92. The van der Waals surface area contributed by atoms with E-state index >= 15 is 0 Å². The van der Waals surface area contributed by atoms with Crippen LogP contribution in [-0.2, 0) is 20.6 Å². The summed E-state index contributed by atoms with van der Waals surface area (Å²) >= 11 is 8.40. The fourth-order valence-electron chi connectivity index (χ4n) is 4.38. The Morgan fingerprint density at radius 2 is 1.71 bits per heavy atom. The highest BCUT2D eigenvalue weighted by Gasteiger charge is 2.41. The minimum Gasteiger partial charge on any atom is -0.544 e. The Hall–Kier alpha value is -1.91. The molecule has 0 unspecified atom stereocenters. The van der Waals surface area contributed by atoms with E-state index < -0.39 is 32.1 Å². The first-order valence-corrected chi connectivity index (χ1v) is 18.6. The number of ether oxygens (including phenoxy) is 4. The molecule has 2 aromatic carbocycles. The summed E-state index contributed by atoms with van der Waals surface area (Å²) in [6.07, 6.45) is 1.69. The number of carbonyl (C=O) groups is 1. The summed E-state index contributed by atoms with van der Waals surface area (Å²) in [5.74, 6) is 0.850. The second-order valence-electron chi connectivity index (χ2n) is 13.6. The van der Waals surface area contributed by atoms with Crippen molar-refractivity contribution in [2.75, 3.05) is 13.2 Å². The fraction of sp³-hybridized carbons (Fsp3) is 0.594. The third-order valence-corrected chi connectivity index (χ3v) is 8.31. The standard InChI is InChI=1S/C32H48ClNO6SSi/c1-29(2,3)38-25-14-11-15-26(27(25)40-42(9)10)41-23-17-16-22(24(33)19-23)13-12-18-32(20-36-31(7,8)37-21-32)34-28(35)39-30(4,5)6/h11,14-17,19,42H,12-13,18,20-21H2,1-10H3,(H,34,35). The largest absolute Gasteiger partial charge is 0.544 e. The maximum atomic E-state index is 12.7. The van der Waals surface area contributed by atoms with Gasteiger partial charge in [-0.3, -0.25) is 0 Å². The maximum absolute atomic E-state index is 12.7. The van der Waals surface area contributed by atoms with Gasteiger partial charge in [-0.2, -0.15) is 0 Å². The predicted molar refractivity (Wildman–Crippen MR) is 173 cm³/mol. The molecule has 2 aromatic rings. The van der Waals surface area contributed by atoms with Crippen molar-refractivity contribution in [1.82, 2.24) is 5.32 Å². The molecule has 3 rings (SSSR count). The van der Waals surface area contributed by atoms with Crippen LogP contribution in [0.5, 0.6) is 11.5 Å². The van der Waals surface area contributed by atoms with Gasteiger partial charge in [0.25, 0.3) is 0 Å². The van der Waals surface area contributed by atoms with Crippen molar-refractivity contribution in [2.45, 2.75) is 120 Å². The molecule has 10 heteroatoms. The number of para-hydroxylation sites is 1. The van der Waals surface area contributed by atoms with Crippen molar-refractivity contribution in [3.05, 3.63) is 47.0 Å². The Bertz CT molecular complexity index is 1210. The first-order chi connectivity index (χ1) is 19.4. The molecule has 0 atom stereocenters. The molecule has 1 aliphatic heterocycles. The van der Waals surface area contributed by atoms with E-state index in [0.717, 1.165) is 39.7 Å².